The van der Waals surface area contributed by atoms with E-state index in [9.17, 15) is 14.4 Å². The SMILES string of the molecule is CNC(=O)CNC(=O)[C@@H]1C[C@@H]1C(=O)O. The van der Waals surface area contributed by atoms with Crippen LogP contribution in [0.3, 0.4) is 0 Å². The first-order valence-corrected chi connectivity index (χ1v) is 4.27. The van der Waals surface area contributed by atoms with Crippen molar-refractivity contribution in [2.75, 3.05) is 13.6 Å². The van der Waals surface area contributed by atoms with Crippen molar-refractivity contribution in [2.24, 2.45) is 11.8 Å². The number of aliphatic carboxylic acids is 1. The van der Waals surface area contributed by atoms with Gasteiger partial charge < -0.3 is 15.7 Å². The van der Waals surface area contributed by atoms with Crippen LogP contribution < -0.4 is 10.6 Å². The average Bonchev–Trinajstić information content (AvgIpc) is 2.92. The van der Waals surface area contributed by atoms with E-state index in [2.05, 4.69) is 10.6 Å². The molecule has 0 radical (unpaired) electrons. The van der Waals surface area contributed by atoms with Crippen LogP contribution in [-0.4, -0.2) is 36.5 Å². The highest BCUT2D eigenvalue weighted by molar-refractivity contribution is 5.91. The minimum atomic E-state index is -0.954. The molecule has 0 saturated heterocycles. The molecular weight excluding hydrogens is 188 g/mol. The zero-order valence-electron chi connectivity index (χ0n) is 7.74. The van der Waals surface area contributed by atoms with Crippen LogP contribution in [0.2, 0.25) is 0 Å². The number of amides is 2. The zero-order valence-corrected chi connectivity index (χ0v) is 7.74. The van der Waals surface area contributed by atoms with E-state index in [0.717, 1.165) is 0 Å². The van der Waals surface area contributed by atoms with Crippen LogP contribution in [0.5, 0.6) is 0 Å². The van der Waals surface area contributed by atoms with E-state index >= 15 is 0 Å². The third-order valence-electron chi connectivity index (χ3n) is 2.15. The predicted molar refractivity (Wildman–Crippen MR) is 46.3 cm³/mol. The van der Waals surface area contributed by atoms with Crippen LogP contribution in [0.15, 0.2) is 0 Å². The Balaban J connectivity index is 2.25. The second-order valence-electron chi connectivity index (χ2n) is 3.18. The molecule has 1 fully saturated rings. The molecule has 0 aromatic heterocycles. The van der Waals surface area contributed by atoms with Gasteiger partial charge in [0, 0.05) is 7.05 Å². The lowest BCUT2D eigenvalue weighted by atomic mass is 10.3. The van der Waals surface area contributed by atoms with Crippen LogP contribution in [0.4, 0.5) is 0 Å². The molecule has 0 aromatic rings. The van der Waals surface area contributed by atoms with E-state index in [4.69, 9.17) is 5.11 Å². The number of rotatable bonds is 4. The van der Waals surface area contributed by atoms with E-state index in [1.54, 1.807) is 0 Å². The Hall–Kier alpha value is -1.59. The summed E-state index contributed by atoms with van der Waals surface area (Å²) in [6.45, 7) is -0.0990. The molecule has 1 saturated carbocycles. The highest BCUT2D eigenvalue weighted by atomic mass is 16.4. The van der Waals surface area contributed by atoms with Gasteiger partial charge in [-0.2, -0.15) is 0 Å². The van der Waals surface area contributed by atoms with Gasteiger partial charge in [-0.25, -0.2) is 0 Å². The van der Waals surface area contributed by atoms with Gasteiger partial charge in [-0.05, 0) is 6.42 Å². The largest absolute Gasteiger partial charge is 0.481 e. The summed E-state index contributed by atoms with van der Waals surface area (Å²) in [4.78, 5) is 32.3. The van der Waals surface area contributed by atoms with Crippen LogP contribution in [-0.2, 0) is 14.4 Å². The van der Waals surface area contributed by atoms with Crippen molar-refractivity contribution in [3.05, 3.63) is 0 Å². The van der Waals surface area contributed by atoms with Crippen LogP contribution in [0.25, 0.3) is 0 Å². The lowest BCUT2D eigenvalue weighted by molar-refractivity contribution is -0.140. The van der Waals surface area contributed by atoms with Gasteiger partial charge in [-0.1, -0.05) is 0 Å². The fourth-order valence-electron chi connectivity index (χ4n) is 1.14. The number of hydrogen-bond donors (Lipinski definition) is 3. The molecular formula is C8H12N2O4. The van der Waals surface area contributed by atoms with Gasteiger partial charge in [0.05, 0.1) is 18.4 Å². The number of carbonyl (C=O) groups excluding carboxylic acids is 2. The highest BCUT2D eigenvalue weighted by Gasteiger charge is 2.48. The molecule has 14 heavy (non-hydrogen) atoms. The summed E-state index contributed by atoms with van der Waals surface area (Å²) < 4.78 is 0. The summed E-state index contributed by atoms with van der Waals surface area (Å²) in [5, 5.41) is 13.2. The smallest absolute Gasteiger partial charge is 0.307 e. The maximum Gasteiger partial charge on any atom is 0.307 e. The molecule has 0 unspecified atom stereocenters. The Morgan fingerprint density at radius 1 is 1.36 bits per heavy atom. The van der Waals surface area contributed by atoms with Gasteiger partial charge in [-0.3, -0.25) is 14.4 Å². The molecule has 6 heteroatoms. The van der Waals surface area contributed by atoms with Gasteiger partial charge >= 0.3 is 5.97 Å². The van der Waals surface area contributed by atoms with E-state index in [1.165, 1.54) is 7.05 Å². The number of hydrogen-bond acceptors (Lipinski definition) is 3. The third-order valence-corrected chi connectivity index (χ3v) is 2.15. The van der Waals surface area contributed by atoms with Crippen molar-refractivity contribution in [2.45, 2.75) is 6.42 Å². The normalized spacial score (nSPS) is 23.8. The van der Waals surface area contributed by atoms with Crippen molar-refractivity contribution in [3.63, 3.8) is 0 Å². The fraction of sp³-hybridized carbons (Fsp3) is 0.625. The lowest BCUT2D eigenvalue weighted by Gasteiger charge is -2.02. The Morgan fingerprint density at radius 2 is 2.00 bits per heavy atom. The van der Waals surface area contributed by atoms with E-state index in [0.29, 0.717) is 6.42 Å². The molecule has 0 bridgehead atoms. The molecule has 0 spiro atoms. The summed E-state index contributed by atoms with van der Waals surface area (Å²) in [6, 6.07) is 0. The van der Waals surface area contributed by atoms with E-state index in [-0.39, 0.29) is 18.4 Å². The number of carboxylic acids is 1. The quantitative estimate of drug-likeness (QED) is 0.518. The first-order chi connectivity index (χ1) is 6.56. The molecule has 2 atom stereocenters. The Bertz CT molecular complexity index is 277. The minimum absolute atomic E-state index is 0.0990. The summed E-state index contributed by atoms with van der Waals surface area (Å²) in [5.74, 6) is -2.64. The van der Waals surface area contributed by atoms with Crippen molar-refractivity contribution in [3.8, 4) is 0 Å². The summed E-state index contributed by atoms with van der Waals surface area (Å²) in [6.07, 6.45) is 0.370. The second kappa shape index (κ2) is 4.08. The molecule has 1 rings (SSSR count). The van der Waals surface area contributed by atoms with Crippen LogP contribution in [0.1, 0.15) is 6.42 Å². The molecule has 0 aliphatic heterocycles. The molecule has 6 nitrogen and oxygen atoms in total. The van der Waals surface area contributed by atoms with Crippen molar-refractivity contribution >= 4 is 17.8 Å². The first kappa shape index (κ1) is 10.5. The van der Waals surface area contributed by atoms with Gasteiger partial charge in [0.2, 0.25) is 11.8 Å². The molecule has 78 valence electrons. The Kier molecular flexibility index (Phi) is 3.06. The molecule has 1 aliphatic rings. The number of likely N-dealkylation sites (N-methyl/N-ethyl adjacent to an activating group) is 1. The second-order valence-corrected chi connectivity index (χ2v) is 3.18. The minimum Gasteiger partial charge on any atom is -0.481 e. The number of carbonyl (C=O) groups is 3. The third kappa shape index (κ3) is 2.45. The molecule has 0 aromatic carbocycles. The molecule has 1 aliphatic carbocycles. The van der Waals surface area contributed by atoms with Gasteiger partial charge in [0.15, 0.2) is 0 Å². The van der Waals surface area contributed by atoms with Crippen LogP contribution >= 0.6 is 0 Å². The molecule has 0 heterocycles. The fourth-order valence-corrected chi connectivity index (χ4v) is 1.14. The Labute approximate surface area is 80.7 Å². The lowest BCUT2D eigenvalue weighted by Crippen LogP contribution is -2.36. The van der Waals surface area contributed by atoms with Gasteiger partial charge in [0.25, 0.3) is 0 Å². The van der Waals surface area contributed by atoms with E-state index < -0.39 is 17.8 Å². The first-order valence-electron chi connectivity index (χ1n) is 4.27. The zero-order chi connectivity index (χ0) is 10.7. The van der Waals surface area contributed by atoms with Crippen molar-refractivity contribution in [1.29, 1.82) is 0 Å². The average molecular weight is 200 g/mol. The van der Waals surface area contributed by atoms with Crippen molar-refractivity contribution in [1.82, 2.24) is 10.6 Å². The summed E-state index contributed by atoms with van der Waals surface area (Å²) in [7, 11) is 1.46. The standard InChI is InChI=1S/C8H12N2O4/c1-9-6(11)3-10-7(12)4-2-5(4)8(13)14/h4-5H,2-3H2,1H3,(H,9,11)(H,10,12)(H,13,14)/t4-,5+/m1/s1. The Morgan fingerprint density at radius 3 is 2.43 bits per heavy atom. The maximum atomic E-state index is 11.2. The summed E-state index contributed by atoms with van der Waals surface area (Å²) in [5.41, 5.74) is 0. The van der Waals surface area contributed by atoms with Crippen molar-refractivity contribution < 1.29 is 19.5 Å². The predicted octanol–water partition coefficient (Wildman–Crippen LogP) is -1.43. The molecule has 3 N–H and O–H groups in total. The maximum absolute atomic E-state index is 11.2. The van der Waals surface area contributed by atoms with Gasteiger partial charge in [-0.15, -0.1) is 0 Å². The number of nitrogens with one attached hydrogen (secondary N) is 2. The number of carboxylic acid groups (broad SMARTS) is 1. The monoisotopic (exact) mass is 200 g/mol. The van der Waals surface area contributed by atoms with Gasteiger partial charge in [0.1, 0.15) is 0 Å². The highest BCUT2D eigenvalue weighted by Crippen LogP contribution is 2.38. The topological polar surface area (TPSA) is 95.5 Å². The summed E-state index contributed by atoms with van der Waals surface area (Å²) >= 11 is 0. The van der Waals surface area contributed by atoms with E-state index in [1.807, 2.05) is 0 Å². The molecule has 2 amide bonds. The van der Waals surface area contributed by atoms with Crippen LogP contribution in [0, 0.1) is 11.8 Å².